The van der Waals surface area contributed by atoms with Crippen LogP contribution in [0.5, 0.6) is 0 Å². The lowest BCUT2D eigenvalue weighted by Gasteiger charge is -2.26. The van der Waals surface area contributed by atoms with E-state index in [2.05, 4.69) is 15.2 Å². The summed E-state index contributed by atoms with van der Waals surface area (Å²) in [5.74, 6) is -0.0666. The average Bonchev–Trinajstić information content (AvgIpc) is 3.27. The first-order chi connectivity index (χ1) is 16.1. The lowest BCUT2D eigenvalue weighted by Crippen LogP contribution is -2.35. The highest BCUT2D eigenvalue weighted by atomic mass is 19.1. The van der Waals surface area contributed by atoms with Crippen molar-refractivity contribution in [2.45, 2.75) is 19.9 Å². The van der Waals surface area contributed by atoms with Crippen molar-refractivity contribution in [2.24, 2.45) is 4.99 Å². The highest BCUT2D eigenvalue weighted by Crippen LogP contribution is 2.33. The number of aryl methyl sites for hydroxylation is 1. The van der Waals surface area contributed by atoms with Gasteiger partial charge in [-0.25, -0.2) is 9.37 Å². The van der Waals surface area contributed by atoms with Crippen LogP contribution >= 0.6 is 0 Å². The first-order valence-corrected chi connectivity index (χ1v) is 11.1. The van der Waals surface area contributed by atoms with Gasteiger partial charge < -0.3 is 10.1 Å². The van der Waals surface area contributed by atoms with Crippen LogP contribution in [0.4, 0.5) is 15.9 Å². The molecule has 2 aliphatic heterocycles. The maximum absolute atomic E-state index is 13.8. The van der Waals surface area contributed by atoms with Gasteiger partial charge in [-0.3, -0.25) is 14.7 Å². The Labute approximate surface area is 192 Å². The smallest absolute Gasteiger partial charge is 0.259 e. The maximum atomic E-state index is 13.8. The first-order valence-electron chi connectivity index (χ1n) is 11.1. The number of aromatic nitrogens is 1. The number of carbonyl (C=O) groups excluding carboxylic acids is 1. The zero-order chi connectivity index (χ0) is 22.8. The van der Waals surface area contributed by atoms with Gasteiger partial charge in [0.05, 0.1) is 30.2 Å². The van der Waals surface area contributed by atoms with E-state index in [0.717, 1.165) is 60.8 Å². The number of rotatable bonds is 5. The standard InChI is InChI=1S/C26H25FN4O2/c1-17-5-7-20(27)14-22(17)23-13-19-3-2-4-21(25(19)29-23)26(32)30-24-8-6-18(15-28-24)16-31-9-11-33-12-10-31/h2-8,14-15H,9-13,16H2,1H3,(H,28,30,32). The Bertz CT molecular complexity index is 1220. The zero-order valence-electron chi connectivity index (χ0n) is 18.5. The van der Waals surface area contributed by atoms with Crippen LogP contribution in [0, 0.1) is 12.7 Å². The second-order valence-corrected chi connectivity index (χ2v) is 8.40. The predicted octanol–water partition coefficient (Wildman–Crippen LogP) is 4.29. The molecule has 2 aromatic carbocycles. The summed E-state index contributed by atoms with van der Waals surface area (Å²) >= 11 is 0. The number of halogens is 1. The van der Waals surface area contributed by atoms with Gasteiger partial charge in [0.15, 0.2) is 0 Å². The molecule has 0 aliphatic carbocycles. The van der Waals surface area contributed by atoms with Crippen LogP contribution in [0.1, 0.15) is 32.6 Å². The minimum atomic E-state index is -0.296. The summed E-state index contributed by atoms with van der Waals surface area (Å²) in [6.45, 7) is 6.08. The van der Waals surface area contributed by atoms with Crippen LogP contribution in [-0.2, 0) is 17.7 Å². The molecule has 0 atom stereocenters. The molecule has 1 amide bonds. The molecule has 7 heteroatoms. The highest BCUT2D eigenvalue weighted by molar-refractivity contribution is 6.13. The molecule has 1 N–H and O–H groups in total. The minimum Gasteiger partial charge on any atom is -0.379 e. The molecule has 168 valence electrons. The fraction of sp³-hybridized carbons (Fsp3) is 0.269. The highest BCUT2D eigenvalue weighted by Gasteiger charge is 2.23. The monoisotopic (exact) mass is 444 g/mol. The van der Waals surface area contributed by atoms with Crippen LogP contribution in [0.15, 0.2) is 59.7 Å². The number of fused-ring (bicyclic) bond motifs is 1. The number of nitrogens with one attached hydrogen (secondary N) is 1. The van der Waals surface area contributed by atoms with Crippen LogP contribution in [0.25, 0.3) is 0 Å². The van der Waals surface area contributed by atoms with Gasteiger partial charge in [-0.1, -0.05) is 24.3 Å². The molecule has 1 aromatic heterocycles. The van der Waals surface area contributed by atoms with E-state index in [-0.39, 0.29) is 11.7 Å². The maximum Gasteiger partial charge on any atom is 0.259 e. The number of carbonyl (C=O) groups is 1. The Kier molecular flexibility index (Phi) is 5.98. The van der Waals surface area contributed by atoms with Gasteiger partial charge in [-0.05, 0) is 47.9 Å². The summed E-state index contributed by atoms with van der Waals surface area (Å²) in [7, 11) is 0. The third-order valence-electron chi connectivity index (χ3n) is 6.06. The Hall–Kier alpha value is -3.42. The molecular weight excluding hydrogens is 419 g/mol. The summed E-state index contributed by atoms with van der Waals surface area (Å²) in [5.41, 5.74) is 5.66. The molecule has 1 saturated heterocycles. The fourth-order valence-electron chi connectivity index (χ4n) is 4.26. The number of nitrogens with zero attached hydrogens (tertiary/aromatic N) is 3. The number of pyridine rings is 1. The number of aliphatic imine (C=N–C) groups is 1. The largest absolute Gasteiger partial charge is 0.379 e. The third kappa shape index (κ3) is 4.69. The van der Waals surface area contributed by atoms with Crippen molar-refractivity contribution in [3.63, 3.8) is 0 Å². The Morgan fingerprint density at radius 1 is 1.15 bits per heavy atom. The molecule has 2 aliphatic rings. The van der Waals surface area contributed by atoms with E-state index >= 15 is 0 Å². The second kappa shape index (κ2) is 9.21. The lowest BCUT2D eigenvalue weighted by molar-refractivity contribution is 0.0341. The van der Waals surface area contributed by atoms with E-state index in [4.69, 9.17) is 9.73 Å². The van der Waals surface area contributed by atoms with E-state index in [1.54, 1.807) is 18.3 Å². The SMILES string of the molecule is Cc1ccc(F)cc1C1=Nc2c(cccc2C(=O)Nc2ccc(CN3CCOCC3)cn2)C1. The zero-order valence-corrected chi connectivity index (χ0v) is 18.5. The van der Waals surface area contributed by atoms with E-state index in [1.807, 2.05) is 31.2 Å². The molecule has 1 fully saturated rings. The third-order valence-corrected chi connectivity index (χ3v) is 6.06. The number of ether oxygens (including phenoxy) is 1. The van der Waals surface area contributed by atoms with E-state index in [1.165, 1.54) is 12.1 Å². The fourth-order valence-corrected chi connectivity index (χ4v) is 4.26. The molecule has 3 aromatic rings. The molecule has 0 radical (unpaired) electrons. The molecule has 0 spiro atoms. The molecule has 6 nitrogen and oxygen atoms in total. The summed E-state index contributed by atoms with van der Waals surface area (Å²) in [5, 5.41) is 2.88. The van der Waals surface area contributed by atoms with E-state index in [0.29, 0.717) is 23.5 Å². The van der Waals surface area contributed by atoms with Crippen molar-refractivity contribution in [1.29, 1.82) is 0 Å². The summed E-state index contributed by atoms with van der Waals surface area (Å²) < 4.78 is 19.2. The number of hydrogen-bond acceptors (Lipinski definition) is 5. The van der Waals surface area contributed by atoms with E-state index < -0.39 is 0 Å². The molecule has 3 heterocycles. The van der Waals surface area contributed by atoms with Crippen LogP contribution in [-0.4, -0.2) is 47.8 Å². The van der Waals surface area contributed by atoms with Crippen molar-refractivity contribution in [2.75, 3.05) is 31.6 Å². The molecule has 5 rings (SSSR count). The number of para-hydroxylation sites is 1. The Balaban J connectivity index is 1.32. The number of hydrogen-bond donors (Lipinski definition) is 1. The topological polar surface area (TPSA) is 66.8 Å². The van der Waals surface area contributed by atoms with Crippen LogP contribution in [0.3, 0.4) is 0 Å². The van der Waals surface area contributed by atoms with Gasteiger partial charge in [0.1, 0.15) is 11.6 Å². The van der Waals surface area contributed by atoms with Crippen LogP contribution in [0.2, 0.25) is 0 Å². The Morgan fingerprint density at radius 2 is 2.00 bits per heavy atom. The second-order valence-electron chi connectivity index (χ2n) is 8.40. The molecular formula is C26H25FN4O2. The number of anilines is 1. The molecule has 33 heavy (non-hydrogen) atoms. The predicted molar refractivity (Wildman–Crippen MR) is 126 cm³/mol. The molecule has 0 unspecified atom stereocenters. The number of amides is 1. The number of morpholine rings is 1. The van der Waals surface area contributed by atoms with Crippen molar-refractivity contribution >= 4 is 23.1 Å². The van der Waals surface area contributed by atoms with Crippen molar-refractivity contribution in [3.05, 3.63) is 88.4 Å². The van der Waals surface area contributed by atoms with Gasteiger partial charge in [-0.15, -0.1) is 0 Å². The molecule has 0 saturated carbocycles. The van der Waals surface area contributed by atoms with Gasteiger partial charge in [-0.2, -0.15) is 0 Å². The Morgan fingerprint density at radius 3 is 2.79 bits per heavy atom. The van der Waals surface area contributed by atoms with E-state index in [9.17, 15) is 9.18 Å². The minimum absolute atomic E-state index is 0.263. The van der Waals surface area contributed by atoms with Gasteiger partial charge >= 0.3 is 0 Å². The van der Waals surface area contributed by atoms with Gasteiger partial charge in [0.25, 0.3) is 5.91 Å². The van der Waals surface area contributed by atoms with Gasteiger partial charge in [0.2, 0.25) is 0 Å². The van der Waals surface area contributed by atoms with Crippen molar-refractivity contribution in [3.8, 4) is 0 Å². The summed E-state index contributed by atoms with van der Waals surface area (Å²) in [6.07, 6.45) is 2.36. The normalized spacial score (nSPS) is 15.8. The summed E-state index contributed by atoms with van der Waals surface area (Å²) in [6, 6.07) is 14.1. The average molecular weight is 445 g/mol. The lowest BCUT2D eigenvalue weighted by atomic mass is 9.99. The first kappa shape index (κ1) is 21.4. The van der Waals surface area contributed by atoms with Crippen LogP contribution < -0.4 is 5.32 Å². The van der Waals surface area contributed by atoms with Crippen molar-refractivity contribution in [1.82, 2.24) is 9.88 Å². The quantitative estimate of drug-likeness (QED) is 0.638. The van der Waals surface area contributed by atoms with Gasteiger partial charge in [0, 0.05) is 37.8 Å². The number of benzene rings is 2. The van der Waals surface area contributed by atoms with Crippen molar-refractivity contribution < 1.29 is 13.9 Å². The molecule has 0 bridgehead atoms. The summed E-state index contributed by atoms with van der Waals surface area (Å²) in [4.78, 5) is 24.5.